The minimum atomic E-state index is -1.23. The molecular formula is C17H25ClN4O4. The van der Waals surface area contributed by atoms with Crippen LogP contribution in [0.25, 0.3) is 0 Å². The molecule has 0 aliphatic rings. The van der Waals surface area contributed by atoms with Gasteiger partial charge in [-0.25, -0.2) is 4.98 Å². The van der Waals surface area contributed by atoms with Crippen molar-refractivity contribution in [2.24, 2.45) is 0 Å². The standard InChI is InChI=1S/C17H25ClN4O4/c1-11(2)22-14-7-15(18)21-8-13(14)16(25)20-6-5-19-9-17(4,10-23)26-12(3)24/h7-8,10-11,19H,5-6,9H2,1-4H3,(H,20,25)(H,21,22). The topological polar surface area (TPSA) is 109 Å². The van der Waals surface area contributed by atoms with E-state index in [1.54, 1.807) is 6.07 Å². The second kappa shape index (κ2) is 10.1. The van der Waals surface area contributed by atoms with Gasteiger partial charge in [0.25, 0.3) is 5.91 Å². The summed E-state index contributed by atoms with van der Waals surface area (Å²) in [6.07, 6.45) is 1.99. The molecule has 1 rings (SSSR count). The van der Waals surface area contributed by atoms with Gasteiger partial charge >= 0.3 is 5.97 Å². The molecule has 1 heterocycles. The Labute approximate surface area is 158 Å². The van der Waals surface area contributed by atoms with E-state index >= 15 is 0 Å². The first-order chi connectivity index (χ1) is 12.2. The van der Waals surface area contributed by atoms with Crippen molar-refractivity contribution in [3.8, 4) is 0 Å². The lowest BCUT2D eigenvalue weighted by Gasteiger charge is -2.23. The number of halogens is 1. The van der Waals surface area contributed by atoms with E-state index in [1.165, 1.54) is 20.0 Å². The van der Waals surface area contributed by atoms with E-state index in [0.29, 0.717) is 35.8 Å². The Morgan fingerprint density at radius 1 is 1.38 bits per heavy atom. The summed E-state index contributed by atoms with van der Waals surface area (Å²) in [6.45, 7) is 7.51. The maximum Gasteiger partial charge on any atom is 0.303 e. The summed E-state index contributed by atoms with van der Waals surface area (Å²) in [4.78, 5) is 38.3. The first-order valence-corrected chi connectivity index (χ1v) is 8.61. The van der Waals surface area contributed by atoms with Crippen molar-refractivity contribution in [2.75, 3.05) is 25.0 Å². The number of aldehydes is 1. The summed E-state index contributed by atoms with van der Waals surface area (Å²) in [5.74, 6) is -0.827. The Morgan fingerprint density at radius 2 is 2.08 bits per heavy atom. The molecule has 0 saturated carbocycles. The smallest absolute Gasteiger partial charge is 0.303 e. The first-order valence-electron chi connectivity index (χ1n) is 8.24. The molecule has 0 radical (unpaired) electrons. The van der Waals surface area contributed by atoms with Gasteiger partial charge in [-0.05, 0) is 26.8 Å². The Morgan fingerprint density at radius 3 is 2.65 bits per heavy atom. The van der Waals surface area contributed by atoms with E-state index in [0.717, 1.165) is 0 Å². The van der Waals surface area contributed by atoms with Gasteiger partial charge in [0, 0.05) is 38.8 Å². The van der Waals surface area contributed by atoms with Crippen LogP contribution in [0.4, 0.5) is 5.69 Å². The van der Waals surface area contributed by atoms with Gasteiger partial charge in [0.15, 0.2) is 11.9 Å². The fraction of sp³-hybridized carbons (Fsp3) is 0.529. The van der Waals surface area contributed by atoms with Crippen LogP contribution in [0.3, 0.4) is 0 Å². The first kappa shape index (κ1) is 21.9. The van der Waals surface area contributed by atoms with Crippen LogP contribution < -0.4 is 16.0 Å². The Kier molecular flexibility index (Phi) is 8.47. The van der Waals surface area contributed by atoms with E-state index < -0.39 is 11.6 Å². The third-order valence-corrected chi connectivity index (χ3v) is 3.46. The molecule has 1 unspecified atom stereocenters. The van der Waals surface area contributed by atoms with E-state index in [9.17, 15) is 14.4 Å². The van der Waals surface area contributed by atoms with Crippen LogP contribution in [0.15, 0.2) is 12.3 Å². The predicted molar refractivity (Wildman–Crippen MR) is 99.4 cm³/mol. The summed E-state index contributed by atoms with van der Waals surface area (Å²) in [5, 5.41) is 9.18. The van der Waals surface area contributed by atoms with Gasteiger partial charge in [0.2, 0.25) is 0 Å². The summed E-state index contributed by atoms with van der Waals surface area (Å²) >= 11 is 5.89. The monoisotopic (exact) mass is 384 g/mol. The molecule has 0 bridgehead atoms. The molecule has 0 fully saturated rings. The number of rotatable bonds is 10. The molecule has 1 amide bonds. The zero-order chi connectivity index (χ0) is 19.7. The highest BCUT2D eigenvalue weighted by Gasteiger charge is 2.26. The number of anilines is 1. The summed E-state index contributed by atoms with van der Waals surface area (Å²) in [7, 11) is 0. The number of carbonyl (C=O) groups excluding carboxylic acids is 3. The molecular weight excluding hydrogens is 360 g/mol. The lowest BCUT2D eigenvalue weighted by molar-refractivity contribution is -0.158. The Balaban J connectivity index is 2.52. The molecule has 26 heavy (non-hydrogen) atoms. The normalized spacial score (nSPS) is 13.0. The number of pyridine rings is 1. The molecule has 1 atom stereocenters. The van der Waals surface area contributed by atoms with Gasteiger partial charge < -0.3 is 20.7 Å². The summed E-state index contributed by atoms with van der Waals surface area (Å²) < 4.78 is 4.96. The van der Waals surface area contributed by atoms with Crippen LogP contribution in [-0.2, 0) is 14.3 Å². The van der Waals surface area contributed by atoms with Crippen LogP contribution in [0.1, 0.15) is 38.1 Å². The van der Waals surface area contributed by atoms with Crippen molar-refractivity contribution in [3.05, 3.63) is 23.0 Å². The Bertz CT molecular complexity index is 654. The van der Waals surface area contributed by atoms with Crippen LogP contribution in [0.2, 0.25) is 5.15 Å². The quantitative estimate of drug-likeness (QED) is 0.242. The van der Waals surface area contributed by atoms with E-state index in [1.807, 2.05) is 13.8 Å². The SMILES string of the molecule is CC(=O)OC(C)(C=O)CNCCNC(=O)c1cnc(Cl)cc1NC(C)C. The molecule has 0 saturated heterocycles. The van der Waals surface area contributed by atoms with Gasteiger partial charge in [-0.15, -0.1) is 0 Å². The molecule has 0 aromatic carbocycles. The average molecular weight is 385 g/mol. The number of hydrogen-bond acceptors (Lipinski definition) is 7. The lowest BCUT2D eigenvalue weighted by atomic mass is 10.1. The molecule has 8 nitrogen and oxygen atoms in total. The van der Waals surface area contributed by atoms with Gasteiger partial charge in [0.05, 0.1) is 11.3 Å². The summed E-state index contributed by atoms with van der Waals surface area (Å²) in [6, 6.07) is 1.73. The van der Waals surface area contributed by atoms with Crippen LogP contribution in [-0.4, -0.2) is 54.4 Å². The number of amides is 1. The van der Waals surface area contributed by atoms with Crippen LogP contribution in [0, 0.1) is 0 Å². The second-order valence-electron chi connectivity index (χ2n) is 6.31. The maximum atomic E-state index is 12.3. The number of esters is 1. The average Bonchev–Trinajstić information content (AvgIpc) is 2.53. The molecule has 144 valence electrons. The molecule has 0 aliphatic heterocycles. The third-order valence-electron chi connectivity index (χ3n) is 3.25. The highest BCUT2D eigenvalue weighted by Crippen LogP contribution is 2.19. The van der Waals surface area contributed by atoms with Crippen molar-refractivity contribution < 1.29 is 19.1 Å². The number of carbonyl (C=O) groups is 3. The van der Waals surface area contributed by atoms with Crippen molar-refractivity contribution in [1.29, 1.82) is 0 Å². The van der Waals surface area contributed by atoms with Crippen molar-refractivity contribution in [3.63, 3.8) is 0 Å². The van der Waals surface area contributed by atoms with Crippen LogP contribution >= 0.6 is 11.6 Å². The molecule has 1 aromatic rings. The molecule has 0 spiro atoms. The highest BCUT2D eigenvalue weighted by atomic mass is 35.5. The zero-order valence-electron chi connectivity index (χ0n) is 15.4. The summed E-state index contributed by atoms with van der Waals surface area (Å²) in [5.41, 5.74) is -0.237. The fourth-order valence-corrected chi connectivity index (χ4v) is 2.33. The highest BCUT2D eigenvalue weighted by molar-refractivity contribution is 6.29. The maximum absolute atomic E-state index is 12.3. The third kappa shape index (κ3) is 7.37. The number of hydrogen-bond donors (Lipinski definition) is 3. The van der Waals surface area contributed by atoms with Crippen LogP contribution in [0.5, 0.6) is 0 Å². The largest absolute Gasteiger partial charge is 0.450 e. The van der Waals surface area contributed by atoms with Crippen molar-refractivity contribution in [2.45, 2.75) is 39.3 Å². The predicted octanol–water partition coefficient (Wildman–Crippen LogP) is 1.40. The van der Waals surface area contributed by atoms with E-state index in [2.05, 4.69) is 20.9 Å². The van der Waals surface area contributed by atoms with Crippen molar-refractivity contribution in [1.82, 2.24) is 15.6 Å². The van der Waals surface area contributed by atoms with Crippen molar-refractivity contribution >= 4 is 35.5 Å². The number of ether oxygens (including phenoxy) is 1. The molecule has 1 aromatic heterocycles. The van der Waals surface area contributed by atoms with Gasteiger partial charge in [0.1, 0.15) is 5.15 Å². The molecule has 9 heteroatoms. The minimum absolute atomic E-state index is 0.129. The number of nitrogens with one attached hydrogen (secondary N) is 3. The zero-order valence-corrected chi connectivity index (χ0v) is 16.1. The van der Waals surface area contributed by atoms with Gasteiger partial charge in [-0.3, -0.25) is 14.4 Å². The molecule has 0 aliphatic carbocycles. The second-order valence-corrected chi connectivity index (χ2v) is 6.70. The fourth-order valence-electron chi connectivity index (χ4n) is 2.17. The van der Waals surface area contributed by atoms with E-state index in [4.69, 9.17) is 16.3 Å². The van der Waals surface area contributed by atoms with Gasteiger partial charge in [-0.2, -0.15) is 0 Å². The van der Waals surface area contributed by atoms with Gasteiger partial charge in [-0.1, -0.05) is 11.6 Å². The molecule has 3 N–H and O–H groups in total. The number of nitrogens with zero attached hydrogens (tertiary/aromatic N) is 1. The lowest BCUT2D eigenvalue weighted by Crippen LogP contribution is -2.45. The Hall–Kier alpha value is -2.19. The minimum Gasteiger partial charge on any atom is -0.450 e. The van der Waals surface area contributed by atoms with E-state index in [-0.39, 0.29) is 18.5 Å². The number of aromatic nitrogens is 1.